The summed E-state index contributed by atoms with van der Waals surface area (Å²) in [6.07, 6.45) is 1.67. The first-order valence-electron chi connectivity index (χ1n) is 10.1. The van der Waals surface area contributed by atoms with Gasteiger partial charge < -0.3 is 15.0 Å². The van der Waals surface area contributed by atoms with E-state index in [0.717, 1.165) is 33.7 Å². The van der Waals surface area contributed by atoms with Crippen molar-refractivity contribution < 1.29 is 9.53 Å². The number of ether oxygens (including phenoxy) is 1. The average Bonchev–Trinajstić information content (AvgIpc) is 3.22. The van der Waals surface area contributed by atoms with Crippen LogP contribution in [-0.2, 0) is 17.6 Å². The molecule has 4 rings (SSSR count). The van der Waals surface area contributed by atoms with Crippen molar-refractivity contribution in [3.63, 3.8) is 0 Å². The molecule has 0 saturated carbocycles. The molecule has 5 heteroatoms. The summed E-state index contributed by atoms with van der Waals surface area (Å²) in [5.41, 5.74) is 4.04. The summed E-state index contributed by atoms with van der Waals surface area (Å²) in [6.45, 7) is 0. The van der Waals surface area contributed by atoms with Crippen LogP contribution in [-0.4, -0.2) is 23.0 Å². The number of aromatic amines is 1. The Morgan fingerprint density at radius 1 is 1.00 bits per heavy atom. The molecule has 1 amide bonds. The fourth-order valence-electron chi connectivity index (χ4n) is 3.63. The van der Waals surface area contributed by atoms with Crippen molar-refractivity contribution in [2.75, 3.05) is 7.11 Å². The van der Waals surface area contributed by atoms with E-state index in [1.165, 1.54) is 0 Å². The summed E-state index contributed by atoms with van der Waals surface area (Å²) in [7, 11) is 1.65. The normalized spacial score (nSPS) is 11.9. The lowest BCUT2D eigenvalue weighted by Crippen LogP contribution is -2.31. The Morgan fingerprint density at radius 3 is 2.53 bits per heavy atom. The first-order chi connectivity index (χ1) is 14.7. The largest absolute Gasteiger partial charge is 0.496 e. The quantitative estimate of drug-likeness (QED) is 0.455. The minimum absolute atomic E-state index is 0.0118. The van der Waals surface area contributed by atoms with Crippen molar-refractivity contribution in [1.29, 1.82) is 0 Å². The van der Waals surface area contributed by atoms with Gasteiger partial charge in [0.2, 0.25) is 5.91 Å². The summed E-state index contributed by atoms with van der Waals surface area (Å²) in [6, 6.07) is 25.6. The van der Waals surface area contributed by atoms with Crippen molar-refractivity contribution in [2.24, 2.45) is 0 Å². The molecule has 1 unspecified atom stereocenters. The van der Waals surface area contributed by atoms with Gasteiger partial charge in [0.05, 0.1) is 24.2 Å². The molecular weight excluding hydrogens is 374 g/mol. The highest BCUT2D eigenvalue weighted by atomic mass is 16.5. The van der Waals surface area contributed by atoms with E-state index in [1.807, 2.05) is 66.7 Å². The fraction of sp³-hybridized carbons (Fsp3) is 0.200. The van der Waals surface area contributed by atoms with Crippen LogP contribution in [0, 0.1) is 0 Å². The van der Waals surface area contributed by atoms with Gasteiger partial charge in [-0.3, -0.25) is 4.79 Å². The van der Waals surface area contributed by atoms with Crippen LogP contribution in [0.2, 0.25) is 0 Å². The number of para-hydroxylation sites is 3. The minimum Gasteiger partial charge on any atom is -0.496 e. The molecule has 5 nitrogen and oxygen atoms in total. The first kappa shape index (κ1) is 19.7. The van der Waals surface area contributed by atoms with E-state index < -0.39 is 0 Å². The second-order valence-corrected chi connectivity index (χ2v) is 7.26. The number of aromatic nitrogens is 2. The van der Waals surface area contributed by atoms with Gasteiger partial charge in [-0.15, -0.1) is 0 Å². The van der Waals surface area contributed by atoms with Crippen molar-refractivity contribution >= 4 is 16.9 Å². The number of benzene rings is 3. The van der Waals surface area contributed by atoms with E-state index in [4.69, 9.17) is 9.72 Å². The summed E-state index contributed by atoms with van der Waals surface area (Å²) in [5, 5.41) is 3.18. The minimum atomic E-state index is -0.232. The lowest BCUT2D eigenvalue weighted by atomic mass is 10.0. The molecule has 152 valence electrons. The molecule has 0 aliphatic rings. The van der Waals surface area contributed by atoms with E-state index >= 15 is 0 Å². The molecule has 1 atom stereocenters. The second-order valence-electron chi connectivity index (χ2n) is 7.26. The summed E-state index contributed by atoms with van der Waals surface area (Å²) in [5.74, 6) is 1.57. The molecule has 2 N–H and O–H groups in total. The molecule has 0 saturated heterocycles. The molecule has 30 heavy (non-hydrogen) atoms. The van der Waals surface area contributed by atoms with Crippen LogP contribution in [0.5, 0.6) is 5.75 Å². The van der Waals surface area contributed by atoms with Gasteiger partial charge in [-0.2, -0.15) is 0 Å². The first-order valence-corrected chi connectivity index (χ1v) is 10.1. The molecule has 0 bridgehead atoms. The molecule has 1 aromatic heterocycles. The highest BCUT2D eigenvalue weighted by Gasteiger charge is 2.19. The van der Waals surface area contributed by atoms with Crippen LogP contribution >= 0.6 is 0 Å². The predicted octanol–water partition coefficient (Wildman–Crippen LogP) is 4.60. The van der Waals surface area contributed by atoms with Gasteiger partial charge in [0, 0.05) is 6.42 Å². The number of hydrogen-bond donors (Lipinski definition) is 2. The monoisotopic (exact) mass is 399 g/mol. The number of fused-ring (bicyclic) bond motifs is 1. The lowest BCUT2D eigenvalue weighted by molar-refractivity contribution is -0.121. The maximum atomic E-state index is 12.8. The summed E-state index contributed by atoms with van der Waals surface area (Å²) in [4.78, 5) is 20.9. The predicted molar refractivity (Wildman–Crippen MR) is 118 cm³/mol. The van der Waals surface area contributed by atoms with E-state index in [1.54, 1.807) is 7.11 Å². The number of aryl methyl sites for hydroxylation is 1. The number of H-pyrrole nitrogens is 1. The van der Waals surface area contributed by atoms with Crippen molar-refractivity contribution in [3.05, 3.63) is 95.8 Å². The number of rotatable bonds is 8. The van der Waals surface area contributed by atoms with Crippen LogP contribution in [0.3, 0.4) is 0 Å². The zero-order chi connectivity index (χ0) is 20.8. The second kappa shape index (κ2) is 9.27. The van der Waals surface area contributed by atoms with Gasteiger partial charge in [-0.25, -0.2) is 4.98 Å². The summed E-state index contributed by atoms with van der Waals surface area (Å²) < 4.78 is 5.39. The third kappa shape index (κ3) is 4.69. The van der Waals surface area contributed by atoms with Crippen molar-refractivity contribution in [2.45, 2.75) is 25.3 Å². The maximum absolute atomic E-state index is 12.8. The zero-order valence-electron chi connectivity index (χ0n) is 17.0. The molecule has 4 aromatic rings. The molecule has 0 spiro atoms. The highest BCUT2D eigenvalue weighted by Crippen LogP contribution is 2.21. The van der Waals surface area contributed by atoms with Gasteiger partial charge in [-0.1, -0.05) is 60.7 Å². The number of carbonyl (C=O) groups excluding carboxylic acids is 1. The third-order valence-electron chi connectivity index (χ3n) is 5.17. The number of hydrogen-bond acceptors (Lipinski definition) is 3. The van der Waals surface area contributed by atoms with Crippen molar-refractivity contribution in [3.8, 4) is 5.75 Å². The Morgan fingerprint density at radius 2 is 1.73 bits per heavy atom. The SMILES string of the molecule is COc1ccccc1CCC(=O)NC(Cc1ccccc1)c1nc2ccccc2[nH]1. The molecule has 0 aliphatic carbocycles. The molecule has 0 aliphatic heterocycles. The number of amides is 1. The van der Waals surface area contributed by atoms with E-state index in [9.17, 15) is 4.79 Å². The van der Waals surface area contributed by atoms with Gasteiger partial charge in [-0.05, 0) is 42.2 Å². The topological polar surface area (TPSA) is 67.0 Å². The maximum Gasteiger partial charge on any atom is 0.220 e. The smallest absolute Gasteiger partial charge is 0.220 e. The lowest BCUT2D eigenvalue weighted by Gasteiger charge is -2.17. The number of nitrogens with one attached hydrogen (secondary N) is 2. The number of nitrogens with zero attached hydrogens (tertiary/aromatic N) is 1. The molecule has 1 heterocycles. The van der Waals surface area contributed by atoms with Crippen LogP contribution in [0.25, 0.3) is 11.0 Å². The summed E-state index contributed by atoms with van der Waals surface area (Å²) >= 11 is 0. The Balaban J connectivity index is 1.51. The van der Waals surface area contributed by atoms with E-state index in [2.05, 4.69) is 22.4 Å². The van der Waals surface area contributed by atoms with Crippen LogP contribution < -0.4 is 10.1 Å². The molecule has 3 aromatic carbocycles. The van der Waals surface area contributed by atoms with Gasteiger partial charge in [0.15, 0.2) is 0 Å². The Hall–Kier alpha value is -3.60. The number of methoxy groups -OCH3 is 1. The molecular formula is C25H25N3O2. The Labute approximate surface area is 176 Å². The van der Waals surface area contributed by atoms with Crippen LogP contribution in [0.1, 0.15) is 29.4 Å². The fourth-order valence-corrected chi connectivity index (χ4v) is 3.63. The average molecular weight is 399 g/mol. The molecule has 0 radical (unpaired) electrons. The van der Waals surface area contributed by atoms with Gasteiger partial charge in [0.1, 0.15) is 11.6 Å². The Bertz CT molecular complexity index is 1090. The zero-order valence-corrected chi connectivity index (χ0v) is 17.0. The van der Waals surface area contributed by atoms with Crippen molar-refractivity contribution in [1.82, 2.24) is 15.3 Å². The molecule has 0 fully saturated rings. The van der Waals surface area contributed by atoms with E-state index in [0.29, 0.717) is 19.3 Å². The number of carbonyl (C=O) groups is 1. The standard InChI is InChI=1S/C25H25N3O2/c1-30-23-14-8-5-11-19(23)15-16-24(29)26-22(17-18-9-3-2-4-10-18)25-27-20-12-6-7-13-21(20)28-25/h2-14,22H,15-17H2,1H3,(H,26,29)(H,27,28). The highest BCUT2D eigenvalue weighted by molar-refractivity contribution is 5.78. The Kier molecular flexibility index (Phi) is 6.09. The van der Waals surface area contributed by atoms with Crippen LogP contribution in [0.15, 0.2) is 78.9 Å². The van der Waals surface area contributed by atoms with Crippen LogP contribution in [0.4, 0.5) is 0 Å². The van der Waals surface area contributed by atoms with E-state index in [-0.39, 0.29) is 11.9 Å². The van der Waals surface area contributed by atoms with Gasteiger partial charge >= 0.3 is 0 Å². The third-order valence-corrected chi connectivity index (χ3v) is 5.17. The number of imidazole rings is 1. The van der Waals surface area contributed by atoms with Gasteiger partial charge in [0.25, 0.3) is 0 Å².